The molecule has 1 aromatic heterocycles. The van der Waals surface area contributed by atoms with Crippen LogP contribution in [0.3, 0.4) is 0 Å². The van der Waals surface area contributed by atoms with Gasteiger partial charge in [0.25, 0.3) is 0 Å². The second kappa shape index (κ2) is 7.46. The van der Waals surface area contributed by atoms with E-state index in [-0.39, 0.29) is 6.61 Å². The molecule has 0 bridgehead atoms. The summed E-state index contributed by atoms with van der Waals surface area (Å²) in [6.45, 7) is 2.75. The van der Waals surface area contributed by atoms with Crippen LogP contribution >= 0.6 is 0 Å². The fourth-order valence-electron chi connectivity index (χ4n) is 2.19. The van der Waals surface area contributed by atoms with Crippen LogP contribution in [-0.2, 0) is 17.5 Å². The first-order valence-electron chi connectivity index (χ1n) is 7.52. The van der Waals surface area contributed by atoms with Crippen LogP contribution in [-0.4, -0.2) is 26.9 Å². The summed E-state index contributed by atoms with van der Waals surface area (Å²) in [6.07, 6.45) is -6.17. The van der Waals surface area contributed by atoms with Gasteiger partial charge in [-0.25, -0.2) is 9.59 Å². The highest BCUT2D eigenvalue weighted by Crippen LogP contribution is 2.37. The minimum Gasteiger partial charge on any atom is -0.476 e. The largest absolute Gasteiger partial charge is 0.476 e. The molecule has 7 nitrogen and oxygen atoms in total. The lowest BCUT2D eigenvalue weighted by Gasteiger charge is -2.10. The molecule has 0 aliphatic rings. The van der Waals surface area contributed by atoms with E-state index < -0.39 is 41.4 Å². The molecule has 2 rings (SSSR count). The van der Waals surface area contributed by atoms with E-state index in [2.05, 4.69) is 5.10 Å². The van der Waals surface area contributed by atoms with Crippen molar-refractivity contribution < 1.29 is 32.6 Å². The maximum absolute atomic E-state index is 13.2. The van der Waals surface area contributed by atoms with Crippen molar-refractivity contribution in [3.05, 3.63) is 47.3 Å². The summed E-state index contributed by atoms with van der Waals surface area (Å²) in [7, 11) is 0. The number of ether oxygens (including phenoxy) is 1. The van der Waals surface area contributed by atoms with Crippen molar-refractivity contribution in [3.63, 3.8) is 0 Å². The first kappa shape index (κ1) is 19.3. The lowest BCUT2D eigenvalue weighted by atomic mass is 10.2. The third-order valence-corrected chi connectivity index (χ3v) is 3.31. The number of hydrogen-bond acceptors (Lipinski definition) is 4. The van der Waals surface area contributed by atoms with Crippen LogP contribution in [0, 0.1) is 0 Å². The third kappa shape index (κ3) is 4.32. The number of amides is 1. The van der Waals surface area contributed by atoms with Gasteiger partial charge in [-0.15, -0.1) is 0 Å². The molecule has 0 unspecified atom stereocenters. The van der Waals surface area contributed by atoms with E-state index in [9.17, 15) is 27.9 Å². The van der Waals surface area contributed by atoms with Gasteiger partial charge in [-0.2, -0.15) is 18.3 Å². The monoisotopic (exact) mass is 371 g/mol. The van der Waals surface area contributed by atoms with Crippen LogP contribution in [0.25, 0.3) is 0 Å². The number of benzene rings is 1. The molecule has 0 aliphatic carbocycles. The topological polar surface area (TPSA) is 93.5 Å². The predicted molar refractivity (Wildman–Crippen MR) is 84.8 cm³/mol. The highest BCUT2D eigenvalue weighted by Gasteiger charge is 2.42. The second-order valence-electron chi connectivity index (χ2n) is 5.60. The number of alkyl halides is 3. The molecule has 2 N–H and O–H groups in total. The van der Waals surface area contributed by atoms with Crippen molar-refractivity contribution in [2.75, 3.05) is 5.32 Å². The molecular weight excluding hydrogens is 355 g/mol. The van der Waals surface area contributed by atoms with Crippen molar-refractivity contribution in [2.45, 2.75) is 32.7 Å². The summed E-state index contributed by atoms with van der Waals surface area (Å²) in [5, 5.41) is 14.5. The zero-order chi connectivity index (χ0) is 19.5. The summed E-state index contributed by atoms with van der Waals surface area (Å²) >= 11 is 0. The minimum atomic E-state index is -4.95. The Labute approximate surface area is 146 Å². The molecule has 0 fully saturated rings. The van der Waals surface area contributed by atoms with Crippen LogP contribution in [0.1, 0.15) is 41.6 Å². The van der Waals surface area contributed by atoms with Gasteiger partial charge in [0.1, 0.15) is 12.3 Å². The van der Waals surface area contributed by atoms with Gasteiger partial charge in [0.05, 0.1) is 0 Å². The molecule has 10 heteroatoms. The Bertz CT molecular complexity index is 801. The number of aromatic carboxylic acids is 1. The van der Waals surface area contributed by atoms with Crippen LogP contribution in [0.2, 0.25) is 0 Å². The number of rotatable bonds is 5. The molecule has 0 atom stereocenters. The van der Waals surface area contributed by atoms with Gasteiger partial charge < -0.3 is 9.84 Å². The lowest BCUT2D eigenvalue weighted by Crippen LogP contribution is -2.19. The van der Waals surface area contributed by atoms with Gasteiger partial charge in [-0.1, -0.05) is 30.3 Å². The highest BCUT2D eigenvalue weighted by molar-refractivity contribution is 5.98. The van der Waals surface area contributed by atoms with Gasteiger partial charge in [0.15, 0.2) is 11.4 Å². The number of carboxylic acid groups (broad SMARTS) is 1. The van der Waals surface area contributed by atoms with Crippen LogP contribution in [0.5, 0.6) is 0 Å². The number of carbonyl (C=O) groups excluding carboxylic acids is 1. The van der Waals surface area contributed by atoms with Crippen LogP contribution < -0.4 is 5.32 Å². The zero-order valence-electron chi connectivity index (χ0n) is 13.9. The van der Waals surface area contributed by atoms with Gasteiger partial charge in [0, 0.05) is 6.04 Å². The molecular formula is C16H16F3N3O4. The summed E-state index contributed by atoms with van der Waals surface area (Å²) in [5.41, 5.74) is -2.60. The molecule has 0 aliphatic heterocycles. The van der Waals surface area contributed by atoms with Crippen molar-refractivity contribution in [2.24, 2.45) is 0 Å². The van der Waals surface area contributed by atoms with E-state index in [1.165, 1.54) is 13.8 Å². The smallest absolute Gasteiger partial charge is 0.437 e. The Morgan fingerprint density at radius 2 is 1.88 bits per heavy atom. The number of nitrogens with zero attached hydrogens (tertiary/aromatic N) is 2. The first-order chi connectivity index (χ1) is 12.1. The van der Waals surface area contributed by atoms with Gasteiger partial charge >= 0.3 is 18.2 Å². The summed E-state index contributed by atoms with van der Waals surface area (Å²) in [6, 6.07) is 7.81. The van der Waals surface area contributed by atoms with Gasteiger partial charge in [-0.3, -0.25) is 10.00 Å². The van der Waals surface area contributed by atoms with Crippen molar-refractivity contribution in [1.29, 1.82) is 0 Å². The summed E-state index contributed by atoms with van der Waals surface area (Å²) < 4.78 is 45.2. The Kier molecular flexibility index (Phi) is 5.53. The van der Waals surface area contributed by atoms with E-state index in [0.29, 0.717) is 10.2 Å². The maximum Gasteiger partial charge on any atom is 0.437 e. The molecule has 1 heterocycles. The first-order valence-corrected chi connectivity index (χ1v) is 7.52. The standard InChI is InChI=1S/C16H16F3N3O4/c1-9(2)22-12(14(23)24)11(13(21-22)16(17,18)19)20-15(25)26-8-10-6-4-3-5-7-10/h3-7,9H,8H2,1-2H3,(H,20,25)(H,23,24). The SMILES string of the molecule is CC(C)n1nc(C(F)(F)F)c(NC(=O)OCc2ccccc2)c1C(=O)O. The van der Waals surface area contributed by atoms with E-state index in [1.54, 1.807) is 30.3 Å². The number of carbonyl (C=O) groups is 2. The molecule has 0 saturated carbocycles. The van der Waals surface area contributed by atoms with Crippen LogP contribution in [0.15, 0.2) is 30.3 Å². The molecule has 26 heavy (non-hydrogen) atoms. The lowest BCUT2D eigenvalue weighted by molar-refractivity contribution is -0.140. The van der Waals surface area contributed by atoms with E-state index in [1.807, 2.05) is 5.32 Å². The summed E-state index contributed by atoms with van der Waals surface area (Å²) in [4.78, 5) is 23.3. The van der Waals surface area contributed by atoms with E-state index in [0.717, 1.165) is 0 Å². The Hall–Kier alpha value is -3.04. The molecule has 140 valence electrons. The Balaban J connectivity index is 2.31. The Morgan fingerprint density at radius 3 is 2.38 bits per heavy atom. The third-order valence-electron chi connectivity index (χ3n) is 3.31. The fourth-order valence-corrected chi connectivity index (χ4v) is 2.19. The maximum atomic E-state index is 13.2. The van der Waals surface area contributed by atoms with Crippen molar-refractivity contribution in [1.82, 2.24) is 9.78 Å². The van der Waals surface area contributed by atoms with Gasteiger partial charge in [-0.05, 0) is 19.4 Å². The quantitative estimate of drug-likeness (QED) is 0.831. The molecule has 1 aromatic carbocycles. The molecule has 0 saturated heterocycles. The van der Waals surface area contributed by atoms with Crippen molar-refractivity contribution >= 4 is 17.7 Å². The number of halogens is 3. The van der Waals surface area contributed by atoms with Crippen LogP contribution in [0.4, 0.5) is 23.7 Å². The molecule has 2 aromatic rings. The highest BCUT2D eigenvalue weighted by atomic mass is 19.4. The number of hydrogen-bond donors (Lipinski definition) is 2. The molecule has 0 radical (unpaired) electrons. The average Bonchev–Trinajstić information content (AvgIpc) is 2.94. The average molecular weight is 371 g/mol. The summed E-state index contributed by atoms with van der Waals surface area (Å²) in [5.74, 6) is -1.65. The fraction of sp³-hybridized carbons (Fsp3) is 0.312. The predicted octanol–water partition coefficient (Wildman–Crippen LogP) is 3.93. The van der Waals surface area contributed by atoms with Gasteiger partial charge in [0.2, 0.25) is 0 Å². The minimum absolute atomic E-state index is 0.186. The Morgan fingerprint density at radius 1 is 1.27 bits per heavy atom. The van der Waals surface area contributed by atoms with E-state index >= 15 is 0 Å². The number of carboxylic acids is 1. The number of aromatic nitrogens is 2. The zero-order valence-corrected chi connectivity index (χ0v) is 13.9. The molecule has 0 spiro atoms. The number of anilines is 1. The van der Waals surface area contributed by atoms with Crippen molar-refractivity contribution in [3.8, 4) is 0 Å². The number of nitrogens with one attached hydrogen (secondary N) is 1. The second-order valence-corrected chi connectivity index (χ2v) is 5.60. The van der Waals surface area contributed by atoms with E-state index in [4.69, 9.17) is 4.74 Å². The molecule has 1 amide bonds. The normalized spacial score (nSPS) is 11.5.